The Kier molecular flexibility index (Phi) is 5.21. The van der Waals surface area contributed by atoms with E-state index in [1.54, 1.807) is 0 Å². The van der Waals surface area contributed by atoms with Crippen LogP contribution >= 0.6 is 0 Å². The summed E-state index contributed by atoms with van der Waals surface area (Å²) in [5.74, 6) is -4.56. The van der Waals surface area contributed by atoms with Crippen LogP contribution in [-0.2, 0) is 11.3 Å². The number of nitrogens with one attached hydrogen (secondary N) is 1. The number of carboxylic acids is 1. The molecule has 2 aromatic rings. The summed E-state index contributed by atoms with van der Waals surface area (Å²) in [6.07, 6.45) is -4.10. The first kappa shape index (κ1) is 21.5. The predicted octanol–water partition coefficient (Wildman–Crippen LogP) is 2.07. The van der Waals surface area contributed by atoms with Crippen LogP contribution in [0.15, 0.2) is 23.1 Å². The molecule has 2 N–H and O–H groups in total. The normalized spacial score (nSPS) is 15.7. The van der Waals surface area contributed by atoms with Crippen molar-refractivity contribution in [1.82, 2.24) is 9.88 Å². The van der Waals surface area contributed by atoms with Gasteiger partial charge in [0, 0.05) is 24.7 Å². The number of aromatic nitrogens is 1. The van der Waals surface area contributed by atoms with Crippen molar-refractivity contribution < 1.29 is 36.6 Å². The molecule has 1 amide bonds. The molecule has 0 atom stereocenters. The van der Waals surface area contributed by atoms with Crippen LogP contribution in [0.1, 0.15) is 17.3 Å². The van der Waals surface area contributed by atoms with Gasteiger partial charge in [-0.25, -0.2) is 13.6 Å². The van der Waals surface area contributed by atoms with E-state index >= 15 is 0 Å². The SMILES string of the molecule is CC1(NC(=O)C(F)(F)F)CN(c2cc3c(cc2F)c(=O)c(C(=O)O)cn3CCF)C1. The molecule has 3 rings (SSSR count). The molecule has 162 valence electrons. The average molecular weight is 433 g/mol. The molecular formula is C18H16F5N3O4. The van der Waals surface area contributed by atoms with Gasteiger partial charge in [0.15, 0.2) is 0 Å². The zero-order valence-electron chi connectivity index (χ0n) is 15.5. The van der Waals surface area contributed by atoms with Crippen molar-refractivity contribution in [2.24, 2.45) is 0 Å². The zero-order valence-corrected chi connectivity index (χ0v) is 15.5. The second-order valence-electron chi connectivity index (χ2n) is 7.25. The van der Waals surface area contributed by atoms with Crippen LogP contribution in [0.25, 0.3) is 10.9 Å². The number of carboxylic acid groups (broad SMARTS) is 1. The van der Waals surface area contributed by atoms with E-state index in [0.29, 0.717) is 0 Å². The first-order chi connectivity index (χ1) is 13.9. The number of alkyl halides is 4. The lowest BCUT2D eigenvalue weighted by Gasteiger charge is -2.49. The fourth-order valence-corrected chi connectivity index (χ4v) is 3.46. The molecule has 1 aliphatic heterocycles. The summed E-state index contributed by atoms with van der Waals surface area (Å²) in [5, 5.41) is 10.7. The number of amides is 1. The Morgan fingerprint density at radius 1 is 1.27 bits per heavy atom. The van der Waals surface area contributed by atoms with Gasteiger partial charge in [-0.2, -0.15) is 13.2 Å². The van der Waals surface area contributed by atoms with Crippen LogP contribution < -0.4 is 15.6 Å². The number of benzene rings is 1. The second kappa shape index (κ2) is 7.26. The number of nitrogens with zero attached hydrogens (tertiary/aromatic N) is 2. The monoisotopic (exact) mass is 433 g/mol. The van der Waals surface area contributed by atoms with Gasteiger partial charge in [0.25, 0.3) is 0 Å². The number of halogens is 5. The molecule has 30 heavy (non-hydrogen) atoms. The molecule has 0 aliphatic carbocycles. The van der Waals surface area contributed by atoms with Crippen molar-refractivity contribution >= 4 is 28.5 Å². The highest BCUT2D eigenvalue weighted by Crippen LogP contribution is 2.33. The van der Waals surface area contributed by atoms with Gasteiger partial charge in [0.2, 0.25) is 5.43 Å². The molecule has 0 unspecified atom stereocenters. The molecule has 1 aliphatic rings. The van der Waals surface area contributed by atoms with E-state index < -0.39 is 47.1 Å². The molecule has 1 aromatic heterocycles. The number of carbonyl (C=O) groups is 2. The van der Waals surface area contributed by atoms with E-state index in [2.05, 4.69) is 0 Å². The standard InChI is InChI=1S/C18H16F5N3O4/c1-17(24-16(30)18(21,22)23)7-26(8-17)13-5-12-9(4-11(13)20)14(27)10(15(28)29)6-25(12)3-2-19/h4-6H,2-3,7-8H2,1H3,(H,24,30)(H,28,29). The van der Waals surface area contributed by atoms with Crippen molar-refractivity contribution in [3.05, 3.63) is 39.9 Å². The van der Waals surface area contributed by atoms with Gasteiger partial charge in [0.05, 0.1) is 23.3 Å². The minimum absolute atomic E-state index is 0.0729. The number of carbonyl (C=O) groups excluding carboxylic acids is 1. The molecule has 7 nitrogen and oxygen atoms in total. The quantitative estimate of drug-likeness (QED) is 0.705. The molecule has 1 aromatic carbocycles. The Morgan fingerprint density at radius 3 is 2.43 bits per heavy atom. The maximum atomic E-state index is 14.6. The summed E-state index contributed by atoms with van der Waals surface area (Å²) >= 11 is 0. The second-order valence-corrected chi connectivity index (χ2v) is 7.25. The van der Waals surface area contributed by atoms with E-state index in [9.17, 15) is 36.3 Å². The summed E-state index contributed by atoms with van der Waals surface area (Å²) < 4.78 is 66.1. The number of aryl methyl sites for hydroxylation is 1. The molecule has 1 saturated heterocycles. The molecule has 1 fully saturated rings. The smallest absolute Gasteiger partial charge is 0.471 e. The van der Waals surface area contributed by atoms with Gasteiger partial charge in [-0.1, -0.05) is 0 Å². The van der Waals surface area contributed by atoms with Crippen molar-refractivity contribution in [3.8, 4) is 0 Å². The van der Waals surface area contributed by atoms with Crippen LogP contribution in [0, 0.1) is 5.82 Å². The third-order valence-corrected chi connectivity index (χ3v) is 4.80. The highest BCUT2D eigenvalue weighted by atomic mass is 19.4. The minimum atomic E-state index is -5.05. The topological polar surface area (TPSA) is 91.6 Å². The van der Waals surface area contributed by atoms with Gasteiger partial charge in [-0.3, -0.25) is 9.59 Å². The summed E-state index contributed by atoms with van der Waals surface area (Å²) in [4.78, 5) is 36.1. The lowest BCUT2D eigenvalue weighted by Crippen LogP contribution is -2.70. The number of fused-ring (bicyclic) bond motifs is 1. The highest BCUT2D eigenvalue weighted by molar-refractivity contribution is 5.93. The molecule has 12 heteroatoms. The Balaban J connectivity index is 1.97. The van der Waals surface area contributed by atoms with E-state index in [1.807, 2.05) is 5.32 Å². The fraction of sp³-hybridized carbons (Fsp3) is 0.389. The summed E-state index contributed by atoms with van der Waals surface area (Å²) in [7, 11) is 0. The Bertz CT molecular complexity index is 1090. The van der Waals surface area contributed by atoms with Gasteiger partial charge in [0.1, 0.15) is 18.1 Å². The predicted molar refractivity (Wildman–Crippen MR) is 95.9 cm³/mol. The van der Waals surface area contributed by atoms with E-state index in [0.717, 1.165) is 16.8 Å². The van der Waals surface area contributed by atoms with Gasteiger partial charge >= 0.3 is 18.1 Å². The zero-order chi connectivity index (χ0) is 22.4. The molecule has 0 saturated carbocycles. The lowest BCUT2D eigenvalue weighted by atomic mass is 9.91. The van der Waals surface area contributed by atoms with E-state index in [1.165, 1.54) is 17.9 Å². The Hall–Kier alpha value is -3.18. The lowest BCUT2D eigenvalue weighted by molar-refractivity contribution is -0.175. The van der Waals surface area contributed by atoms with Crippen LogP contribution in [0.2, 0.25) is 0 Å². The summed E-state index contributed by atoms with van der Waals surface area (Å²) in [6, 6.07) is 2.02. The van der Waals surface area contributed by atoms with Gasteiger partial charge in [-0.05, 0) is 19.1 Å². The number of aromatic carboxylic acids is 1. The summed E-state index contributed by atoms with van der Waals surface area (Å²) in [6.45, 7) is -0.0870. The molecule has 2 heterocycles. The Morgan fingerprint density at radius 2 is 1.90 bits per heavy atom. The molecule has 0 bridgehead atoms. The largest absolute Gasteiger partial charge is 0.477 e. The van der Waals surface area contributed by atoms with Crippen molar-refractivity contribution in [3.63, 3.8) is 0 Å². The van der Waals surface area contributed by atoms with Crippen LogP contribution in [0.3, 0.4) is 0 Å². The van der Waals surface area contributed by atoms with Crippen molar-refractivity contribution in [2.75, 3.05) is 24.7 Å². The minimum Gasteiger partial charge on any atom is -0.477 e. The number of pyridine rings is 1. The first-order valence-corrected chi connectivity index (χ1v) is 8.66. The number of anilines is 1. The van der Waals surface area contributed by atoms with Crippen LogP contribution in [0.5, 0.6) is 0 Å². The first-order valence-electron chi connectivity index (χ1n) is 8.66. The van der Waals surface area contributed by atoms with Crippen molar-refractivity contribution in [1.29, 1.82) is 0 Å². The third-order valence-electron chi connectivity index (χ3n) is 4.80. The highest BCUT2D eigenvalue weighted by Gasteiger charge is 2.47. The molecular weight excluding hydrogens is 417 g/mol. The van der Waals surface area contributed by atoms with Crippen LogP contribution in [0.4, 0.5) is 27.6 Å². The molecule has 0 spiro atoms. The van der Waals surface area contributed by atoms with E-state index in [-0.39, 0.29) is 36.2 Å². The van der Waals surface area contributed by atoms with Crippen molar-refractivity contribution in [2.45, 2.75) is 25.2 Å². The van der Waals surface area contributed by atoms with Gasteiger partial charge in [-0.15, -0.1) is 0 Å². The fourth-order valence-electron chi connectivity index (χ4n) is 3.46. The number of rotatable bonds is 5. The molecule has 0 radical (unpaired) electrons. The number of hydrogen-bond acceptors (Lipinski definition) is 4. The van der Waals surface area contributed by atoms with E-state index in [4.69, 9.17) is 5.11 Å². The number of hydrogen-bond donors (Lipinski definition) is 2. The average Bonchev–Trinajstić information content (AvgIpc) is 2.60. The maximum absolute atomic E-state index is 14.6. The Labute approximate surface area is 165 Å². The van der Waals surface area contributed by atoms with Gasteiger partial charge < -0.3 is 19.9 Å². The summed E-state index contributed by atoms with van der Waals surface area (Å²) in [5.41, 5.74) is -2.83. The van der Waals surface area contributed by atoms with Crippen LogP contribution in [-0.4, -0.2) is 53.0 Å². The third kappa shape index (κ3) is 3.81. The maximum Gasteiger partial charge on any atom is 0.471 e.